The summed E-state index contributed by atoms with van der Waals surface area (Å²) in [5.41, 5.74) is 1.41. The third kappa shape index (κ3) is 1.22. The molecule has 1 aromatic rings. The van der Waals surface area contributed by atoms with Gasteiger partial charge in [0.25, 0.3) is 0 Å². The van der Waals surface area contributed by atoms with Crippen LogP contribution in [-0.4, -0.2) is 22.2 Å². The molecule has 0 atom stereocenters. The van der Waals surface area contributed by atoms with Crippen molar-refractivity contribution in [1.29, 1.82) is 0 Å². The lowest BCUT2D eigenvalue weighted by Gasteiger charge is -2.15. The standard InChI is InChI=1S/C9H12N2O2/c1-6-8(7(2)12)9-11(10-6)4-3-5-13-9/h3-5H2,1-2H3. The molecule has 1 aliphatic heterocycles. The number of rotatable bonds is 1. The molecule has 0 saturated carbocycles. The van der Waals surface area contributed by atoms with Crippen molar-refractivity contribution in [3.8, 4) is 5.88 Å². The van der Waals surface area contributed by atoms with E-state index in [4.69, 9.17) is 4.74 Å². The SMILES string of the molecule is CC(=O)c1c(C)nn2c1OCCC2. The molecule has 0 radical (unpaired) electrons. The normalized spacial score (nSPS) is 14.9. The first kappa shape index (κ1) is 8.29. The topological polar surface area (TPSA) is 44.1 Å². The lowest BCUT2D eigenvalue weighted by Crippen LogP contribution is -2.15. The van der Waals surface area contributed by atoms with Crippen LogP contribution in [0.5, 0.6) is 5.88 Å². The Kier molecular flexibility index (Phi) is 1.83. The molecule has 4 heteroatoms. The number of fused-ring (bicyclic) bond motifs is 1. The Morgan fingerprint density at radius 3 is 3.08 bits per heavy atom. The summed E-state index contributed by atoms with van der Waals surface area (Å²) in [5, 5.41) is 4.24. The lowest BCUT2D eigenvalue weighted by molar-refractivity contribution is 0.101. The molecule has 0 amide bonds. The van der Waals surface area contributed by atoms with Crippen LogP contribution < -0.4 is 4.74 Å². The summed E-state index contributed by atoms with van der Waals surface area (Å²) in [5.74, 6) is 0.678. The Hall–Kier alpha value is -1.32. The highest BCUT2D eigenvalue weighted by atomic mass is 16.5. The average molecular weight is 180 g/mol. The maximum absolute atomic E-state index is 11.3. The number of carbonyl (C=O) groups excluding carboxylic acids is 1. The van der Waals surface area contributed by atoms with Gasteiger partial charge in [-0.15, -0.1) is 0 Å². The summed E-state index contributed by atoms with van der Waals surface area (Å²) in [4.78, 5) is 11.3. The fraction of sp³-hybridized carbons (Fsp3) is 0.556. The highest BCUT2D eigenvalue weighted by molar-refractivity contribution is 5.97. The van der Waals surface area contributed by atoms with Crippen molar-refractivity contribution in [3.63, 3.8) is 0 Å². The monoisotopic (exact) mass is 180 g/mol. The van der Waals surface area contributed by atoms with E-state index in [-0.39, 0.29) is 5.78 Å². The predicted octanol–water partition coefficient (Wildman–Crippen LogP) is 1.18. The summed E-state index contributed by atoms with van der Waals surface area (Å²) >= 11 is 0. The van der Waals surface area contributed by atoms with E-state index >= 15 is 0 Å². The fourth-order valence-electron chi connectivity index (χ4n) is 1.65. The molecule has 70 valence electrons. The first-order valence-electron chi connectivity index (χ1n) is 4.41. The second-order valence-electron chi connectivity index (χ2n) is 3.25. The summed E-state index contributed by atoms with van der Waals surface area (Å²) in [6.07, 6.45) is 0.964. The lowest BCUT2D eigenvalue weighted by atomic mass is 10.2. The van der Waals surface area contributed by atoms with Crippen LogP contribution in [0.15, 0.2) is 0 Å². The zero-order chi connectivity index (χ0) is 9.42. The highest BCUT2D eigenvalue weighted by Gasteiger charge is 2.22. The molecule has 0 saturated heterocycles. The summed E-state index contributed by atoms with van der Waals surface area (Å²) in [6, 6.07) is 0. The predicted molar refractivity (Wildman–Crippen MR) is 47.1 cm³/mol. The maximum Gasteiger partial charge on any atom is 0.223 e. The van der Waals surface area contributed by atoms with Gasteiger partial charge in [0.05, 0.1) is 12.3 Å². The Morgan fingerprint density at radius 2 is 2.38 bits per heavy atom. The van der Waals surface area contributed by atoms with Gasteiger partial charge in [-0.1, -0.05) is 0 Å². The van der Waals surface area contributed by atoms with Gasteiger partial charge in [0.1, 0.15) is 5.56 Å². The number of nitrogens with zero attached hydrogens (tertiary/aromatic N) is 2. The van der Waals surface area contributed by atoms with Gasteiger partial charge in [-0.3, -0.25) is 4.79 Å². The Morgan fingerprint density at radius 1 is 1.62 bits per heavy atom. The van der Waals surface area contributed by atoms with Crippen molar-refractivity contribution in [1.82, 2.24) is 9.78 Å². The Labute approximate surface area is 76.5 Å². The zero-order valence-electron chi connectivity index (χ0n) is 7.83. The number of carbonyl (C=O) groups is 1. The van der Waals surface area contributed by atoms with Gasteiger partial charge in [-0.25, -0.2) is 4.68 Å². The van der Waals surface area contributed by atoms with Crippen LogP contribution in [0.25, 0.3) is 0 Å². The van der Waals surface area contributed by atoms with Crippen LogP contribution in [0.4, 0.5) is 0 Å². The van der Waals surface area contributed by atoms with E-state index in [1.54, 1.807) is 11.6 Å². The minimum atomic E-state index is 0.0284. The van der Waals surface area contributed by atoms with Crippen LogP contribution in [-0.2, 0) is 6.54 Å². The molecule has 0 N–H and O–H groups in total. The van der Waals surface area contributed by atoms with E-state index in [1.165, 1.54) is 0 Å². The van der Waals surface area contributed by atoms with Gasteiger partial charge in [0.2, 0.25) is 5.88 Å². The van der Waals surface area contributed by atoms with Crippen LogP contribution >= 0.6 is 0 Å². The van der Waals surface area contributed by atoms with E-state index in [0.717, 1.165) is 18.7 Å². The minimum Gasteiger partial charge on any atom is -0.477 e. The number of hydrogen-bond acceptors (Lipinski definition) is 3. The molecule has 0 aromatic carbocycles. The molecule has 0 unspecified atom stereocenters. The smallest absolute Gasteiger partial charge is 0.223 e. The molecule has 2 rings (SSSR count). The Balaban J connectivity index is 2.54. The highest BCUT2D eigenvalue weighted by Crippen LogP contribution is 2.25. The minimum absolute atomic E-state index is 0.0284. The van der Waals surface area contributed by atoms with Crippen molar-refractivity contribution in [2.45, 2.75) is 26.8 Å². The van der Waals surface area contributed by atoms with Crippen molar-refractivity contribution >= 4 is 5.78 Å². The van der Waals surface area contributed by atoms with E-state index in [0.29, 0.717) is 18.1 Å². The van der Waals surface area contributed by atoms with Gasteiger partial charge in [-0.05, 0) is 13.8 Å². The number of ketones is 1. The molecule has 0 spiro atoms. The number of Topliss-reactive ketones (excluding diaryl/α,β-unsaturated/α-hetero) is 1. The summed E-state index contributed by atoms with van der Waals surface area (Å²) in [6.45, 7) is 4.92. The maximum atomic E-state index is 11.3. The second-order valence-corrected chi connectivity index (χ2v) is 3.25. The number of aromatic nitrogens is 2. The molecule has 13 heavy (non-hydrogen) atoms. The van der Waals surface area contributed by atoms with Crippen LogP contribution in [0, 0.1) is 6.92 Å². The summed E-state index contributed by atoms with van der Waals surface area (Å²) in [7, 11) is 0. The van der Waals surface area contributed by atoms with Gasteiger partial charge in [0.15, 0.2) is 5.78 Å². The third-order valence-corrected chi connectivity index (χ3v) is 2.19. The van der Waals surface area contributed by atoms with Crippen molar-refractivity contribution in [3.05, 3.63) is 11.3 Å². The molecular weight excluding hydrogens is 168 g/mol. The number of ether oxygens (including phenoxy) is 1. The number of aryl methyl sites for hydroxylation is 2. The van der Waals surface area contributed by atoms with E-state index in [2.05, 4.69) is 5.10 Å². The molecule has 0 fully saturated rings. The van der Waals surface area contributed by atoms with Crippen LogP contribution in [0.2, 0.25) is 0 Å². The summed E-state index contributed by atoms with van der Waals surface area (Å²) < 4.78 is 7.19. The van der Waals surface area contributed by atoms with Gasteiger partial charge >= 0.3 is 0 Å². The molecule has 4 nitrogen and oxygen atoms in total. The molecule has 1 aromatic heterocycles. The quantitative estimate of drug-likeness (QED) is 0.609. The third-order valence-electron chi connectivity index (χ3n) is 2.19. The fourth-order valence-corrected chi connectivity index (χ4v) is 1.65. The van der Waals surface area contributed by atoms with Crippen molar-refractivity contribution in [2.24, 2.45) is 0 Å². The Bertz CT molecular complexity index is 355. The van der Waals surface area contributed by atoms with Gasteiger partial charge < -0.3 is 4.74 Å². The van der Waals surface area contributed by atoms with Crippen LogP contribution in [0.3, 0.4) is 0 Å². The molecule has 0 aliphatic carbocycles. The zero-order valence-corrected chi connectivity index (χ0v) is 7.83. The van der Waals surface area contributed by atoms with Gasteiger partial charge in [0, 0.05) is 13.0 Å². The molecule has 0 bridgehead atoms. The van der Waals surface area contributed by atoms with E-state index in [1.807, 2.05) is 6.92 Å². The molecular formula is C9H12N2O2. The van der Waals surface area contributed by atoms with Crippen LogP contribution in [0.1, 0.15) is 29.4 Å². The average Bonchev–Trinajstić information content (AvgIpc) is 2.39. The second kappa shape index (κ2) is 2.87. The van der Waals surface area contributed by atoms with E-state index in [9.17, 15) is 4.79 Å². The van der Waals surface area contributed by atoms with Gasteiger partial charge in [-0.2, -0.15) is 5.10 Å². The van der Waals surface area contributed by atoms with Crippen molar-refractivity contribution < 1.29 is 9.53 Å². The first-order chi connectivity index (χ1) is 6.20. The van der Waals surface area contributed by atoms with Crippen molar-refractivity contribution in [2.75, 3.05) is 6.61 Å². The largest absolute Gasteiger partial charge is 0.477 e. The number of hydrogen-bond donors (Lipinski definition) is 0. The molecule has 2 heterocycles. The first-order valence-corrected chi connectivity index (χ1v) is 4.41. The molecule has 1 aliphatic rings. The van der Waals surface area contributed by atoms with E-state index < -0.39 is 0 Å².